The van der Waals surface area contributed by atoms with Gasteiger partial charge in [-0.05, 0) is 104 Å². The van der Waals surface area contributed by atoms with Crippen molar-refractivity contribution in [2.75, 3.05) is 0 Å². The summed E-state index contributed by atoms with van der Waals surface area (Å²) in [5.74, 6) is 0. The Balaban J connectivity index is 1.13. The minimum absolute atomic E-state index is 0.0761. The summed E-state index contributed by atoms with van der Waals surface area (Å²) >= 11 is 0. The molecular formula is C43H28N4. The van der Waals surface area contributed by atoms with Gasteiger partial charge in [0.15, 0.2) is 0 Å². The van der Waals surface area contributed by atoms with Gasteiger partial charge < -0.3 is 9.88 Å². The summed E-state index contributed by atoms with van der Waals surface area (Å²) in [5, 5.41) is 12.7. The topological polar surface area (TPSA) is 42.7 Å². The zero-order chi connectivity index (χ0) is 30.9. The van der Waals surface area contributed by atoms with E-state index in [9.17, 15) is 0 Å². The SMILES string of the molecule is C1=C(c2ccc(-n3c4ccccc4c4ncccc43)cc2)NC(c2ccccn2)C=C1c1ccc2ccc3cccc4ccc1c2c34. The van der Waals surface area contributed by atoms with Gasteiger partial charge in [-0.2, -0.15) is 0 Å². The third kappa shape index (κ3) is 4.01. The molecule has 0 saturated heterocycles. The Morgan fingerprint density at radius 1 is 0.553 bits per heavy atom. The van der Waals surface area contributed by atoms with Crippen LogP contribution < -0.4 is 5.32 Å². The first kappa shape index (κ1) is 26.0. The second kappa shape index (κ2) is 10.1. The highest BCUT2D eigenvalue weighted by Crippen LogP contribution is 2.40. The van der Waals surface area contributed by atoms with E-state index in [1.807, 2.05) is 24.5 Å². The molecule has 1 atom stereocenters. The van der Waals surface area contributed by atoms with Gasteiger partial charge in [0.2, 0.25) is 0 Å². The zero-order valence-electron chi connectivity index (χ0n) is 25.4. The van der Waals surface area contributed by atoms with E-state index in [2.05, 4.69) is 143 Å². The van der Waals surface area contributed by atoms with Crippen LogP contribution in [0.2, 0.25) is 0 Å². The van der Waals surface area contributed by atoms with Crippen molar-refractivity contribution in [2.24, 2.45) is 0 Å². The van der Waals surface area contributed by atoms with Crippen molar-refractivity contribution in [1.82, 2.24) is 19.9 Å². The Morgan fingerprint density at radius 3 is 2.15 bits per heavy atom. The van der Waals surface area contributed by atoms with Gasteiger partial charge in [0.1, 0.15) is 0 Å². The molecule has 1 aliphatic rings. The zero-order valence-corrected chi connectivity index (χ0v) is 25.4. The van der Waals surface area contributed by atoms with E-state index in [4.69, 9.17) is 9.97 Å². The molecule has 0 radical (unpaired) electrons. The van der Waals surface area contributed by atoms with E-state index >= 15 is 0 Å². The predicted octanol–water partition coefficient (Wildman–Crippen LogP) is 10.2. The number of benzene rings is 6. The fourth-order valence-electron chi connectivity index (χ4n) is 7.53. The highest BCUT2D eigenvalue weighted by Gasteiger charge is 2.21. The van der Waals surface area contributed by atoms with Crippen molar-refractivity contribution in [1.29, 1.82) is 0 Å². The van der Waals surface area contributed by atoms with Crippen LogP contribution in [-0.4, -0.2) is 14.5 Å². The van der Waals surface area contributed by atoms with Crippen LogP contribution in [0.4, 0.5) is 0 Å². The maximum Gasteiger partial charge on any atom is 0.0963 e. The second-order valence-electron chi connectivity index (χ2n) is 12.3. The molecular weight excluding hydrogens is 573 g/mol. The molecule has 4 nitrogen and oxygen atoms in total. The molecule has 0 aliphatic carbocycles. The Bertz CT molecular complexity index is 2630. The lowest BCUT2D eigenvalue weighted by atomic mass is 9.87. The molecule has 0 bridgehead atoms. The molecule has 220 valence electrons. The second-order valence-corrected chi connectivity index (χ2v) is 12.3. The molecule has 3 aromatic heterocycles. The third-order valence-corrected chi connectivity index (χ3v) is 9.67. The first-order valence-electron chi connectivity index (χ1n) is 16.0. The number of fused-ring (bicyclic) bond motifs is 3. The van der Waals surface area contributed by atoms with Crippen LogP contribution in [0.3, 0.4) is 0 Å². The van der Waals surface area contributed by atoms with Gasteiger partial charge in [-0.1, -0.05) is 91.0 Å². The number of nitrogens with zero attached hydrogens (tertiary/aromatic N) is 3. The number of rotatable bonds is 4. The molecule has 4 heteroatoms. The molecule has 47 heavy (non-hydrogen) atoms. The average Bonchev–Trinajstić information content (AvgIpc) is 3.48. The van der Waals surface area contributed by atoms with Gasteiger partial charge in [0, 0.05) is 29.2 Å². The lowest BCUT2D eigenvalue weighted by Gasteiger charge is -2.26. The largest absolute Gasteiger partial charge is 0.373 e. The Hall–Kier alpha value is -6.26. The smallest absolute Gasteiger partial charge is 0.0963 e. The van der Waals surface area contributed by atoms with Gasteiger partial charge in [0.25, 0.3) is 0 Å². The van der Waals surface area contributed by atoms with Gasteiger partial charge in [-0.25, -0.2) is 0 Å². The standard InChI is InChI=1S/C43H28N4/c1-2-11-39-35(9-1)43-40(12-6-24-45-43)47(39)32-19-15-27(16-20-32)37-25-31(26-38(46-37)36-10-3-4-23-44-36)33-21-17-30-14-13-28-7-5-8-29-18-22-34(33)42(30)41(28)29/h1-26,38,46H. The van der Waals surface area contributed by atoms with Crippen LogP contribution in [-0.2, 0) is 0 Å². The van der Waals surface area contributed by atoms with Gasteiger partial charge in [-0.3, -0.25) is 9.97 Å². The van der Waals surface area contributed by atoms with Crippen molar-refractivity contribution >= 4 is 65.5 Å². The minimum Gasteiger partial charge on any atom is -0.373 e. The van der Waals surface area contributed by atoms with Crippen LogP contribution >= 0.6 is 0 Å². The van der Waals surface area contributed by atoms with Crippen LogP contribution in [0.5, 0.6) is 0 Å². The number of hydrogen-bond acceptors (Lipinski definition) is 3. The van der Waals surface area contributed by atoms with Crippen molar-refractivity contribution in [3.63, 3.8) is 0 Å². The summed E-state index contributed by atoms with van der Waals surface area (Å²) in [7, 11) is 0. The summed E-state index contributed by atoms with van der Waals surface area (Å²) in [6.45, 7) is 0. The predicted molar refractivity (Wildman–Crippen MR) is 195 cm³/mol. The number of allylic oxidation sites excluding steroid dienone is 2. The van der Waals surface area contributed by atoms with Crippen LogP contribution in [0.1, 0.15) is 22.9 Å². The Labute approximate surface area is 271 Å². The molecule has 1 N–H and O–H groups in total. The van der Waals surface area contributed by atoms with Crippen molar-refractivity contribution < 1.29 is 0 Å². The number of para-hydroxylation sites is 1. The van der Waals surface area contributed by atoms with E-state index in [1.165, 1.54) is 43.5 Å². The summed E-state index contributed by atoms with van der Waals surface area (Å²) in [6, 6.07) is 47.7. The van der Waals surface area contributed by atoms with E-state index in [-0.39, 0.29) is 6.04 Å². The minimum atomic E-state index is -0.0761. The molecule has 9 aromatic rings. The fraction of sp³-hybridized carbons (Fsp3) is 0.0233. The number of dihydropyridines is 1. The molecule has 10 rings (SSSR count). The summed E-state index contributed by atoms with van der Waals surface area (Å²) in [6.07, 6.45) is 8.35. The van der Waals surface area contributed by atoms with E-state index < -0.39 is 0 Å². The number of hydrogen-bond donors (Lipinski definition) is 1. The van der Waals surface area contributed by atoms with Crippen LogP contribution in [0, 0.1) is 0 Å². The monoisotopic (exact) mass is 600 g/mol. The highest BCUT2D eigenvalue weighted by molar-refractivity contribution is 6.25. The van der Waals surface area contributed by atoms with E-state index in [1.54, 1.807) is 0 Å². The number of nitrogens with one attached hydrogen (secondary N) is 1. The quantitative estimate of drug-likeness (QED) is 0.204. The molecule has 0 spiro atoms. The molecule has 0 amide bonds. The average molecular weight is 601 g/mol. The van der Waals surface area contributed by atoms with Gasteiger partial charge in [0.05, 0.1) is 28.3 Å². The first-order chi connectivity index (χ1) is 23.3. The normalized spacial score (nSPS) is 15.0. The van der Waals surface area contributed by atoms with Crippen LogP contribution in [0.15, 0.2) is 158 Å². The van der Waals surface area contributed by atoms with E-state index in [0.717, 1.165) is 44.6 Å². The van der Waals surface area contributed by atoms with Crippen LogP contribution in [0.25, 0.3) is 71.2 Å². The van der Waals surface area contributed by atoms with Gasteiger partial charge in [-0.15, -0.1) is 0 Å². The summed E-state index contributed by atoms with van der Waals surface area (Å²) in [5.41, 5.74) is 9.97. The maximum atomic E-state index is 4.75. The fourth-order valence-corrected chi connectivity index (χ4v) is 7.53. The first-order valence-corrected chi connectivity index (χ1v) is 16.0. The molecule has 0 saturated carbocycles. The van der Waals surface area contributed by atoms with Crippen molar-refractivity contribution in [2.45, 2.75) is 6.04 Å². The van der Waals surface area contributed by atoms with Crippen molar-refractivity contribution in [3.05, 3.63) is 175 Å². The molecule has 0 fully saturated rings. The van der Waals surface area contributed by atoms with E-state index in [0.29, 0.717) is 0 Å². The van der Waals surface area contributed by atoms with Crippen molar-refractivity contribution in [3.8, 4) is 5.69 Å². The lowest BCUT2D eigenvalue weighted by molar-refractivity contribution is 0.739. The highest BCUT2D eigenvalue weighted by atomic mass is 15.0. The summed E-state index contributed by atoms with van der Waals surface area (Å²) < 4.78 is 2.30. The number of aromatic nitrogens is 3. The Morgan fingerprint density at radius 2 is 1.30 bits per heavy atom. The molecule has 1 unspecified atom stereocenters. The molecule has 1 aliphatic heterocycles. The maximum absolute atomic E-state index is 4.75. The molecule has 6 aromatic carbocycles. The molecule has 4 heterocycles. The summed E-state index contributed by atoms with van der Waals surface area (Å²) in [4.78, 5) is 9.47. The Kier molecular flexibility index (Phi) is 5.60. The third-order valence-electron chi connectivity index (χ3n) is 9.67. The number of pyridine rings is 2. The lowest BCUT2D eigenvalue weighted by Crippen LogP contribution is -2.22. The van der Waals surface area contributed by atoms with Gasteiger partial charge >= 0.3 is 0 Å².